The fourth-order valence-electron chi connectivity index (χ4n) is 2.34. The van der Waals surface area contributed by atoms with Crippen molar-refractivity contribution in [2.24, 2.45) is 0 Å². The molecule has 2 N–H and O–H groups in total. The number of nitrogens with zero attached hydrogens (tertiary/aromatic N) is 3. The number of aryl methyl sites for hydroxylation is 1. The number of aliphatic hydroxyl groups excluding tert-OH is 1. The van der Waals surface area contributed by atoms with E-state index in [0.717, 1.165) is 29.1 Å². The lowest BCUT2D eigenvalue weighted by atomic mass is 10.0. The first-order valence-corrected chi connectivity index (χ1v) is 6.59. The van der Waals surface area contributed by atoms with Gasteiger partial charge in [-0.05, 0) is 18.6 Å². The van der Waals surface area contributed by atoms with Crippen LogP contribution in [-0.2, 0) is 6.54 Å². The van der Waals surface area contributed by atoms with Crippen LogP contribution in [0, 0.1) is 0 Å². The van der Waals surface area contributed by atoms with Gasteiger partial charge in [-0.3, -0.25) is 9.78 Å². The molecule has 0 spiro atoms. The molecule has 3 rings (SSSR count). The number of rotatable bonds is 4. The highest BCUT2D eigenvalue weighted by molar-refractivity contribution is 5.63. The first-order chi connectivity index (χ1) is 9.81. The molecule has 1 atom stereocenters. The summed E-state index contributed by atoms with van der Waals surface area (Å²) in [5.41, 5.74) is 3.36. The van der Waals surface area contributed by atoms with Gasteiger partial charge in [-0.15, -0.1) is 0 Å². The quantitative estimate of drug-likeness (QED) is 0.763. The molecule has 0 amide bonds. The SMILES string of the molecule is CCn1nccc1C(O)c1cn[nH]c1-c1ccccc1. The third-order valence-electron chi connectivity index (χ3n) is 3.35. The Hall–Kier alpha value is -2.40. The van der Waals surface area contributed by atoms with Gasteiger partial charge in [0.25, 0.3) is 0 Å². The van der Waals surface area contributed by atoms with E-state index in [-0.39, 0.29) is 0 Å². The number of aromatic amines is 1. The molecular weight excluding hydrogens is 252 g/mol. The standard InChI is InChI=1S/C15H16N4O/c1-2-19-13(8-9-17-19)15(20)12-10-16-18-14(12)11-6-4-3-5-7-11/h3-10,15,20H,2H2,1H3,(H,16,18). The second-order valence-corrected chi connectivity index (χ2v) is 4.54. The fourth-order valence-corrected chi connectivity index (χ4v) is 2.34. The highest BCUT2D eigenvalue weighted by Gasteiger charge is 2.20. The third kappa shape index (κ3) is 2.12. The summed E-state index contributed by atoms with van der Waals surface area (Å²) < 4.78 is 1.78. The molecule has 0 aliphatic rings. The van der Waals surface area contributed by atoms with Crippen LogP contribution in [0.2, 0.25) is 0 Å². The molecule has 20 heavy (non-hydrogen) atoms. The zero-order valence-corrected chi connectivity index (χ0v) is 11.2. The molecule has 0 saturated heterocycles. The minimum Gasteiger partial charge on any atom is -0.382 e. The third-order valence-corrected chi connectivity index (χ3v) is 3.35. The van der Waals surface area contributed by atoms with Crippen LogP contribution in [0.5, 0.6) is 0 Å². The Morgan fingerprint density at radius 2 is 2.05 bits per heavy atom. The summed E-state index contributed by atoms with van der Waals surface area (Å²) in [5.74, 6) is 0. The van der Waals surface area contributed by atoms with Gasteiger partial charge < -0.3 is 5.11 Å². The Morgan fingerprint density at radius 3 is 2.80 bits per heavy atom. The zero-order chi connectivity index (χ0) is 13.9. The van der Waals surface area contributed by atoms with Crippen molar-refractivity contribution in [1.29, 1.82) is 0 Å². The smallest absolute Gasteiger partial charge is 0.124 e. The number of hydrogen-bond donors (Lipinski definition) is 2. The van der Waals surface area contributed by atoms with Gasteiger partial charge in [-0.2, -0.15) is 10.2 Å². The second-order valence-electron chi connectivity index (χ2n) is 4.54. The number of hydrogen-bond acceptors (Lipinski definition) is 3. The first kappa shape index (κ1) is 12.6. The lowest BCUT2D eigenvalue weighted by Gasteiger charge is -2.13. The molecule has 5 heteroatoms. The molecular formula is C15H16N4O. The Morgan fingerprint density at radius 1 is 1.25 bits per heavy atom. The minimum atomic E-state index is -0.744. The summed E-state index contributed by atoms with van der Waals surface area (Å²) in [4.78, 5) is 0. The van der Waals surface area contributed by atoms with E-state index in [2.05, 4.69) is 15.3 Å². The summed E-state index contributed by atoms with van der Waals surface area (Å²) in [7, 11) is 0. The molecule has 0 aliphatic heterocycles. The Labute approximate surface area is 116 Å². The Bertz CT molecular complexity index is 687. The molecule has 0 bridgehead atoms. The summed E-state index contributed by atoms with van der Waals surface area (Å²) in [6, 6.07) is 11.7. The van der Waals surface area contributed by atoms with Crippen molar-refractivity contribution in [2.45, 2.75) is 19.6 Å². The van der Waals surface area contributed by atoms with Crippen LogP contribution in [0.15, 0.2) is 48.8 Å². The summed E-state index contributed by atoms with van der Waals surface area (Å²) in [6.45, 7) is 2.72. The van der Waals surface area contributed by atoms with Crippen molar-refractivity contribution in [3.63, 3.8) is 0 Å². The highest BCUT2D eigenvalue weighted by Crippen LogP contribution is 2.29. The van der Waals surface area contributed by atoms with Gasteiger partial charge in [0, 0.05) is 18.3 Å². The Balaban J connectivity index is 2.02. The normalized spacial score (nSPS) is 12.5. The van der Waals surface area contributed by atoms with Crippen molar-refractivity contribution in [3.05, 3.63) is 60.0 Å². The topological polar surface area (TPSA) is 66.7 Å². The van der Waals surface area contributed by atoms with Crippen LogP contribution >= 0.6 is 0 Å². The molecule has 3 aromatic rings. The van der Waals surface area contributed by atoms with E-state index >= 15 is 0 Å². The predicted octanol–water partition coefficient (Wildman–Crippen LogP) is 2.37. The second kappa shape index (κ2) is 5.30. The van der Waals surface area contributed by atoms with Gasteiger partial charge >= 0.3 is 0 Å². The van der Waals surface area contributed by atoms with Crippen LogP contribution in [0.4, 0.5) is 0 Å². The summed E-state index contributed by atoms with van der Waals surface area (Å²) in [6.07, 6.45) is 2.62. The average molecular weight is 268 g/mol. The Kier molecular flexibility index (Phi) is 3.35. The molecule has 0 saturated carbocycles. The van der Waals surface area contributed by atoms with Crippen molar-refractivity contribution in [3.8, 4) is 11.3 Å². The lowest BCUT2D eigenvalue weighted by Crippen LogP contribution is -2.09. The molecule has 0 aliphatic carbocycles. The molecule has 1 unspecified atom stereocenters. The van der Waals surface area contributed by atoms with Crippen LogP contribution in [0.25, 0.3) is 11.3 Å². The fraction of sp³-hybridized carbons (Fsp3) is 0.200. The van der Waals surface area contributed by atoms with Gasteiger partial charge in [0.2, 0.25) is 0 Å². The zero-order valence-electron chi connectivity index (χ0n) is 11.2. The molecule has 5 nitrogen and oxygen atoms in total. The largest absolute Gasteiger partial charge is 0.382 e. The molecule has 0 fully saturated rings. The summed E-state index contributed by atoms with van der Waals surface area (Å²) in [5, 5.41) is 21.8. The monoisotopic (exact) mass is 268 g/mol. The van der Waals surface area contributed by atoms with Crippen molar-refractivity contribution in [1.82, 2.24) is 20.0 Å². The van der Waals surface area contributed by atoms with Crippen molar-refractivity contribution >= 4 is 0 Å². The van der Waals surface area contributed by atoms with E-state index in [1.165, 1.54) is 0 Å². The maximum Gasteiger partial charge on any atom is 0.124 e. The average Bonchev–Trinajstić information content (AvgIpc) is 3.16. The van der Waals surface area contributed by atoms with Gasteiger partial charge in [0.05, 0.1) is 17.6 Å². The number of aromatic nitrogens is 4. The van der Waals surface area contributed by atoms with E-state index in [4.69, 9.17) is 0 Å². The number of H-pyrrole nitrogens is 1. The van der Waals surface area contributed by atoms with E-state index in [0.29, 0.717) is 0 Å². The first-order valence-electron chi connectivity index (χ1n) is 6.59. The van der Waals surface area contributed by atoms with Crippen molar-refractivity contribution in [2.75, 3.05) is 0 Å². The predicted molar refractivity (Wildman–Crippen MR) is 76.0 cm³/mol. The number of aliphatic hydroxyl groups is 1. The van der Waals surface area contributed by atoms with Gasteiger partial charge in [-0.1, -0.05) is 30.3 Å². The maximum absolute atomic E-state index is 10.6. The van der Waals surface area contributed by atoms with E-state index in [1.807, 2.05) is 43.3 Å². The van der Waals surface area contributed by atoms with Gasteiger partial charge in [0.1, 0.15) is 6.10 Å². The minimum absolute atomic E-state index is 0.720. The lowest BCUT2D eigenvalue weighted by molar-refractivity contribution is 0.208. The molecule has 2 heterocycles. The van der Waals surface area contributed by atoms with Crippen LogP contribution in [-0.4, -0.2) is 25.1 Å². The van der Waals surface area contributed by atoms with Crippen molar-refractivity contribution < 1.29 is 5.11 Å². The number of benzene rings is 1. The van der Waals surface area contributed by atoms with Gasteiger partial charge in [0.15, 0.2) is 0 Å². The molecule has 1 aromatic carbocycles. The summed E-state index contributed by atoms with van der Waals surface area (Å²) >= 11 is 0. The van der Waals surface area contributed by atoms with Crippen LogP contribution in [0.3, 0.4) is 0 Å². The van der Waals surface area contributed by atoms with E-state index < -0.39 is 6.10 Å². The molecule has 102 valence electrons. The molecule has 2 aromatic heterocycles. The van der Waals surface area contributed by atoms with E-state index in [1.54, 1.807) is 17.1 Å². The highest BCUT2D eigenvalue weighted by atomic mass is 16.3. The van der Waals surface area contributed by atoms with Crippen LogP contribution in [0.1, 0.15) is 24.3 Å². The number of nitrogens with one attached hydrogen (secondary N) is 1. The van der Waals surface area contributed by atoms with E-state index in [9.17, 15) is 5.11 Å². The molecule has 0 radical (unpaired) electrons. The van der Waals surface area contributed by atoms with Crippen LogP contribution < -0.4 is 0 Å². The van der Waals surface area contributed by atoms with Gasteiger partial charge in [-0.25, -0.2) is 0 Å². The maximum atomic E-state index is 10.6.